The van der Waals surface area contributed by atoms with Gasteiger partial charge in [0.2, 0.25) is 0 Å². The minimum absolute atomic E-state index is 1.01. The van der Waals surface area contributed by atoms with E-state index >= 15 is 0 Å². The number of hydrogen-bond donors (Lipinski definition) is 0. The van der Waals surface area contributed by atoms with Gasteiger partial charge in [0.25, 0.3) is 0 Å². The van der Waals surface area contributed by atoms with Crippen LogP contribution in [0.5, 0.6) is 0 Å². The minimum atomic E-state index is 1.01. The molecule has 0 aliphatic heterocycles. The molecular weight excluding hydrogens is 751 g/mol. The van der Waals surface area contributed by atoms with Gasteiger partial charge in [-0.3, -0.25) is 0 Å². The van der Waals surface area contributed by atoms with Gasteiger partial charge in [-0.2, -0.15) is 0 Å². The van der Waals surface area contributed by atoms with Crippen molar-refractivity contribution in [3.63, 3.8) is 0 Å². The molecule has 0 spiro atoms. The molecule has 0 unspecified atom stereocenters. The molecule has 0 fully saturated rings. The summed E-state index contributed by atoms with van der Waals surface area (Å²) in [6.07, 6.45) is 0. The summed E-state index contributed by atoms with van der Waals surface area (Å²) >= 11 is 0. The van der Waals surface area contributed by atoms with Gasteiger partial charge >= 0.3 is 0 Å². The average molecular weight is 788 g/mol. The lowest BCUT2D eigenvalue weighted by Crippen LogP contribution is -1.94. The van der Waals surface area contributed by atoms with E-state index < -0.39 is 0 Å². The Morgan fingerprint density at radius 1 is 0.274 bits per heavy atom. The number of rotatable bonds is 5. The number of para-hydroxylation sites is 4. The van der Waals surface area contributed by atoms with Gasteiger partial charge in [-0.05, 0) is 99.8 Å². The molecule has 0 amide bonds. The summed E-state index contributed by atoms with van der Waals surface area (Å²) in [6, 6.07) is 81.6. The summed E-state index contributed by atoms with van der Waals surface area (Å²) in [5, 5.41) is 11.1. The molecule has 0 bridgehead atoms. The van der Waals surface area contributed by atoms with Crippen LogP contribution in [0.4, 0.5) is 0 Å². The van der Waals surface area contributed by atoms with E-state index in [2.05, 4.69) is 234 Å². The van der Waals surface area contributed by atoms with E-state index in [0.717, 1.165) is 22.5 Å². The quantitative estimate of drug-likeness (QED) is 0.159. The summed E-state index contributed by atoms with van der Waals surface area (Å²) in [7, 11) is 0. The van der Waals surface area contributed by atoms with Crippen molar-refractivity contribution < 1.29 is 0 Å². The van der Waals surface area contributed by atoms with E-state index in [1.807, 2.05) is 0 Å². The van der Waals surface area contributed by atoms with E-state index in [0.29, 0.717) is 0 Å². The number of fused-ring (bicyclic) bond motifs is 11. The Kier molecular flexibility index (Phi) is 7.60. The van der Waals surface area contributed by atoms with Crippen molar-refractivity contribution in [3.05, 3.63) is 224 Å². The van der Waals surface area contributed by atoms with Crippen LogP contribution in [0.25, 0.3) is 121 Å². The van der Waals surface area contributed by atoms with Crippen molar-refractivity contribution in [3.8, 4) is 44.9 Å². The number of pyridine rings is 1. The normalized spacial score (nSPS) is 11.9. The molecule has 0 radical (unpaired) electrons. The Balaban J connectivity index is 0.896. The van der Waals surface area contributed by atoms with Crippen molar-refractivity contribution in [1.29, 1.82) is 0 Å². The first-order valence-electron chi connectivity index (χ1n) is 21.3. The largest absolute Gasteiger partial charge is 0.309 e. The second kappa shape index (κ2) is 13.6. The van der Waals surface area contributed by atoms with Crippen LogP contribution in [-0.4, -0.2) is 14.1 Å². The van der Waals surface area contributed by atoms with Crippen molar-refractivity contribution in [1.82, 2.24) is 14.1 Å². The fraction of sp³-hybridized carbons (Fsp3) is 0. The van der Waals surface area contributed by atoms with Gasteiger partial charge < -0.3 is 9.13 Å². The molecule has 0 atom stereocenters. The smallest absolute Gasteiger partial charge is 0.0788 e. The molecule has 3 aromatic heterocycles. The molecule has 0 aliphatic rings. The highest BCUT2D eigenvalue weighted by Gasteiger charge is 2.17. The van der Waals surface area contributed by atoms with Gasteiger partial charge in [-0.25, -0.2) is 4.98 Å². The van der Waals surface area contributed by atoms with Crippen molar-refractivity contribution in [2.24, 2.45) is 0 Å². The molecule has 0 aliphatic carbocycles. The first-order chi connectivity index (χ1) is 30.7. The summed E-state index contributed by atoms with van der Waals surface area (Å²) in [5.74, 6) is 0. The predicted molar refractivity (Wildman–Crippen MR) is 262 cm³/mol. The lowest BCUT2D eigenvalue weighted by atomic mass is 9.94. The molecule has 3 nitrogen and oxygen atoms in total. The van der Waals surface area contributed by atoms with E-state index in [1.54, 1.807) is 0 Å². The van der Waals surface area contributed by atoms with Crippen molar-refractivity contribution in [2.45, 2.75) is 0 Å². The fourth-order valence-electron chi connectivity index (χ4n) is 10.0. The highest BCUT2D eigenvalue weighted by Crippen LogP contribution is 2.40. The molecule has 0 saturated carbocycles. The lowest BCUT2D eigenvalue weighted by Gasteiger charge is -2.13. The zero-order valence-electron chi connectivity index (χ0n) is 33.7. The maximum Gasteiger partial charge on any atom is 0.0788 e. The van der Waals surface area contributed by atoms with Gasteiger partial charge in [0.05, 0.1) is 33.3 Å². The number of benzene rings is 10. The van der Waals surface area contributed by atoms with Crippen LogP contribution in [0.15, 0.2) is 224 Å². The molecule has 0 saturated heterocycles. The summed E-state index contributed by atoms with van der Waals surface area (Å²) in [5.41, 5.74) is 15.0. The van der Waals surface area contributed by atoms with E-state index in [4.69, 9.17) is 4.98 Å². The topological polar surface area (TPSA) is 22.8 Å². The zero-order chi connectivity index (χ0) is 40.7. The maximum atomic E-state index is 5.25. The van der Waals surface area contributed by atoms with Crippen LogP contribution in [0, 0.1) is 0 Å². The molecule has 3 heteroatoms. The third-order valence-corrected chi connectivity index (χ3v) is 12.9. The van der Waals surface area contributed by atoms with E-state index in [-0.39, 0.29) is 0 Å². The van der Waals surface area contributed by atoms with Gasteiger partial charge in [0, 0.05) is 54.6 Å². The van der Waals surface area contributed by atoms with Gasteiger partial charge in [0.15, 0.2) is 0 Å². The van der Waals surface area contributed by atoms with Crippen LogP contribution in [-0.2, 0) is 0 Å². The van der Waals surface area contributed by atoms with Crippen LogP contribution in [0.1, 0.15) is 0 Å². The van der Waals surface area contributed by atoms with Gasteiger partial charge in [0.1, 0.15) is 0 Å². The third-order valence-electron chi connectivity index (χ3n) is 12.9. The van der Waals surface area contributed by atoms with E-state index in [1.165, 1.54) is 98.5 Å². The average Bonchev–Trinajstić information content (AvgIpc) is 3.86. The second-order valence-electron chi connectivity index (χ2n) is 16.3. The number of hydrogen-bond acceptors (Lipinski definition) is 1. The molecule has 13 rings (SSSR count). The van der Waals surface area contributed by atoms with Crippen LogP contribution < -0.4 is 0 Å². The zero-order valence-corrected chi connectivity index (χ0v) is 33.7. The Morgan fingerprint density at radius 2 is 0.790 bits per heavy atom. The minimum Gasteiger partial charge on any atom is -0.309 e. The molecule has 288 valence electrons. The molecule has 0 N–H and O–H groups in total. The van der Waals surface area contributed by atoms with Crippen LogP contribution in [0.3, 0.4) is 0 Å². The highest BCUT2D eigenvalue weighted by atomic mass is 15.0. The maximum absolute atomic E-state index is 5.25. The second-order valence-corrected chi connectivity index (χ2v) is 16.3. The standard InChI is InChI=1S/C59H37N3/c1-2-15-44(16-3-1)61-54-23-10-7-19-47(54)51-36-42(30-33-56(51)61)43-31-34-57-52(37-43)48-20-8-11-24-55(48)62(57)45-17-12-14-41(35-45)38-25-27-40(28-26-38)59-50-32-29-39-13-4-5-18-46(39)58(50)49-21-6-9-22-53(49)60-59/h1-37H. The molecule has 13 aromatic rings. The lowest BCUT2D eigenvalue weighted by molar-refractivity contribution is 1.18. The summed E-state index contributed by atoms with van der Waals surface area (Å²) < 4.78 is 4.79. The predicted octanol–water partition coefficient (Wildman–Crippen LogP) is 15.7. The fourth-order valence-corrected chi connectivity index (χ4v) is 10.0. The Morgan fingerprint density at radius 3 is 1.50 bits per heavy atom. The number of nitrogens with zero attached hydrogens (tertiary/aromatic N) is 3. The van der Waals surface area contributed by atoms with Crippen molar-refractivity contribution in [2.75, 3.05) is 0 Å². The molecule has 10 aromatic carbocycles. The highest BCUT2D eigenvalue weighted by molar-refractivity contribution is 6.22. The molecule has 3 heterocycles. The van der Waals surface area contributed by atoms with E-state index in [9.17, 15) is 0 Å². The Labute approximate surface area is 358 Å². The molecule has 62 heavy (non-hydrogen) atoms. The van der Waals surface area contributed by atoms with Crippen LogP contribution in [0.2, 0.25) is 0 Å². The summed E-state index contributed by atoms with van der Waals surface area (Å²) in [4.78, 5) is 5.25. The Bertz CT molecular complexity index is 3890. The number of aromatic nitrogens is 3. The SMILES string of the molecule is c1ccc(-n2c3ccccc3c3cc(-c4ccc5c(c4)c4ccccc4n5-c4cccc(-c5ccc(-c6nc7ccccc7c7c6ccc6ccccc67)cc5)c4)ccc32)cc1. The third kappa shape index (κ3) is 5.28. The molecular formula is C59H37N3. The first kappa shape index (κ1) is 34.6. The summed E-state index contributed by atoms with van der Waals surface area (Å²) in [6.45, 7) is 0. The van der Waals surface area contributed by atoms with Crippen molar-refractivity contribution >= 4 is 76.1 Å². The monoisotopic (exact) mass is 787 g/mol. The Hall–Kier alpha value is -8.27. The van der Waals surface area contributed by atoms with Gasteiger partial charge in [-0.1, -0.05) is 158 Å². The first-order valence-corrected chi connectivity index (χ1v) is 21.3. The van der Waals surface area contributed by atoms with Gasteiger partial charge in [-0.15, -0.1) is 0 Å². The van der Waals surface area contributed by atoms with Crippen LogP contribution >= 0.6 is 0 Å².